The summed E-state index contributed by atoms with van der Waals surface area (Å²) in [5.41, 5.74) is 1.99. The molecule has 3 aliphatic rings. The minimum atomic E-state index is 0.0196. The molecule has 5 heterocycles. The van der Waals surface area contributed by atoms with Gasteiger partial charge in [0.2, 0.25) is 5.91 Å². The third kappa shape index (κ3) is 5.76. The van der Waals surface area contributed by atoms with Crippen molar-refractivity contribution in [2.45, 2.75) is 25.8 Å². The van der Waals surface area contributed by atoms with Crippen LogP contribution in [0, 0.1) is 0 Å². The first kappa shape index (κ1) is 27.3. The lowest BCUT2D eigenvalue weighted by atomic mass is 10.0. The van der Waals surface area contributed by atoms with E-state index in [0.29, 0.717) is 29.7 Å². The highest BCUT2D eigenvalue weighted by Crippen LogP contribution is 2.38. The SMILES string of the molecule is O=C(/C=C/CN1CCN(C(=O)N2CCCC2)CC1)N1CCc2c(sc3ncnc(Nc4ccc(Cl)c(Cl)c4)c23)C1. The van der Waals surface area contributed by atoms with Crippen molar-refractivity contribution < 1.29 is 9.59 Å². The fraction of sp³-hybridized carbons (Fsp3) is 0.429. The van der Waals surface area contributed by atoms with Gasteiger partial charge in [0.05, 0.1) is 22.0 Å². The highest BCUT2D eigenvalue weighted by atomic mass is 35.5. The predicted molar refractivity (Wildman–Crippen MR) is 160 cm³/mol. The molecule has 0 saturated carbocycles. The van der Waals surface area contributed by atoms with Gasteiger partial charge in [0.1, 0.15) is 17.0 Å². The van der Waals surface area contributed by atoms with Crippen molar-refractivity contribution in [3.05, 3.63) is 57.2 Å². The molecule has 0 unspecified atom stereocenters. The van der Waals surface area contributed by atoms with Gasteiger partial charge >= 0.3 is 6.03 Å². The third-order valence-corrected chi connectivity index (χ3v) is 9.64. The molecule has 2 saturated heterocycles. The molecule has 0 aliphatic carbocycles. The Balaban J connectivity index is 1.05. The molecule has 2 fully saturated rings. The van der Waals surface area contributed by atoms with Crippen LogP contribution in [0.3, 0.4) is 0 Å². The molecule has 0 spiro atoms. The average molecular weight is 601 g/mol. The van der Waals surface area contributed by atoms with Crippen LogP contribution in [0.25, 0.3) is 10.2 Å². The van der Waals surface area contributed by atoms with Crippen LogP contribution >= 0.6 is 34.5 Å². The van der Waals surface area contributed by atoms with Gasteiger partial charge < -0.3 is 20.0 Å². The molecule has 0 radical (unpaired) electrons. The summed E-state index contributed by atoms with van der Waals surface area (Å²) >= 11 is 13.9. The molecule has 0 atom stereocenters. The summed E-state index contributed by atoms with van der Waals surface area (Å²) in [6, 6.07) is 5.57. The number of thiophene rings is 1. The molecule has 3 amide bonds. The number of aromatic nitrogens is 2. The summed E-state index contributed by atoms with van der Waals surface area (Å²) in [4.78, 5) is 44.8. The highest BCUT2D eigenvalue weighted by molar-refractivity contribution is 7.19. The number of urea groups is 1. The van der Waals surface area contributed by atoms with Gasteiger partial charge in [0.15, 0.2) is 0 Å². The number of fused-ring (bicyclic) bond motifs is 3. The zero-order valence-electron chi connectivity index (χ0n) is 22.1. The van der Waals surface area contributed by atoms with Gasteiger partial charge in [-0.15, -0.1) is 11.3 Å². The Morgan fingerprint density at radius 3 is 2.50 bits per heavy atom. The van der Waals surface area contributed by atoms with Gasteiger partial charge in [-0.1, -0.05) is 29.3 Å². The second-order valence-electron chi connectivity index (χ2n) is 10.3. The second-order valence-corrected chi connectivity index (χ2v) is 12.2. The number of carbonyl (C=O) groups is 2. The fourth-order valence-electron chi connectivity index (χ4n) is 5.56. The summed E-state index contributed by atoms with van der Waals surface area (Å²) in [6.07, 6.45) is 8.15. The standard InChI is InChI=1S/C28H31Cl2N7O2S/c29-21-6-5-19(16-22(21)30)33-26-25-20-7-11-37(17-23(20)40-27(25)32-18-31-26)24(38)4-3-8-34-12-14-36(15-13-34)28(39)35-9-1-2-10-35/h3-6,16,18H,1-2,7-15,17H2,(H,31,32,33)/b4-3+. The number of anilines is 2. The lowest BCUT2D eigenvalue weighted by Crippen LogP contribution is -2.52. The quantitative estimate of drug-likeness (QED) is 0.415. The van der Waals surface area contributed by atoms with E-state index in [4.69, 9.17) is 23.2 Å². The fourth-order valence-corrected chi connectivity index (χ4v) is 7.06. The normalized spacial score (nSPS) is 18.1. The number of hydrogen-bond acceptors (Lipinski definition) is 7. The van der Waals surface area contributed by atoms with Crippen molar-refractivity contribution in [2.75, 3.05) is 57.7 Å². The molecule has 3 aromatic rings. The Bertz CT molecular complexity index is 1450. The summed E-state index contributed by atoms with van der Waals surface area (Å²) in [5.74, 6) is 0.744. The van der Waals surface area contributed by atoms with Gasteiger partial charge in [-0.25, -0.2) is 14.8 Å². The van der Waals surface area contributed by atoms with Crippen LogP contribution in [0.1, 0.15) is 23.3 Å². The number of rotatable bonds is 5. The lowest BCUT2D eigenvalue weighted by molar-refractivity contribution is -0.126. The van der Waals surface area contributed by atoms with E-state index in [9.17, 15) is 9.59 Å². The Kier molecular flexibility index (Phi) is 8.11. The van der Waals surface area contributed by atoms with Gasteiger partial charge in [-0.3, -0.25) is 9.69 Å². The van der Waals surface area contributed by atoms with E-state index in [1.165, 1.54) is 5.56 Å². The predicted octanol–water partition coefficient (Wildman–Crippen LogP) is 5.02. The zero-order chi connectivity index (χ0) is 27.6. The second kappa shape index (κ2) is 11.9. The van der Waals surface area contributed by atoms with Crippen LogP contribution in [0.2, 0.25) is 10.0 Å². The number of piperazine rings is 1. The molecular formula is C28H31Cl2N7O2S. The Hall–Kier alpha value is -2.92. The number of nitrogens with zero attached hydrogens (tertiary/aromatic N) is 6. The van der Waals surface area contributed by atoms with Gasteiger partial charge in [0, 0.05) is 69.0 Å². The van der Waals surface area contributed by atoms with Crippen LogP contribution in [0.5, 0.6) is 0 Å². The van der Waals surface area contributed by atoms with Crippen molar-refractivity contribution in [1.82, 2.24) is 29.6 Å². The maximum atomic E-state index is 13.0. The Labute approximate surface area is 247 Å². The van der Waals surface area contributed by atoms with E-state index in [0.717, 1.165) is 85.1 Å². The topological polar surface area (TPSA) is 84.9 Å². The Morgan fingerprint density at radius 1 is 0.950 bits per heavy atom. The zero-order valence-corrected chi connectivity index (χ0v) is 24.4. The van der Waals surface area contributed by atoms with Crippen LogP contribution in [0.4, 0.5) is 16.3 Å². The molecule has 12 heteroatoms. The third-order valence-electron chi connectivity index (χ3n) is 7.77. The summed E-state index contributed by atoms with van der Waals surface area (Å²) < 4.78 is 0. The molecule has 40 heavy (non-hydrogen) atoms. The minimum absolute atomic E-state index is 0.0196. The van der Waals surface area contributed by atoms with Gasteiger partial charge in [-0.2, -0.15) is 0 Å². The van der Waals surface area contributed by atoms with Crippen molar-refractivity contribution in [3.8, 4) is 0 Å². The van der Waals surface area contributed by atoms with Crippen molar-refractivity contribution in [1.29, 1.82) is 0 Å². The van der Waals surface area contributed by atoms with Crippen LogP contribution < -0.4 is 5.32 Å². The first-order valence-corrected chi connectivity index (χ1v) is 15.2. The number of likely N-dealkylation sites (tertiary alicyclic amines) is 1. The van der Waals surface area contributed by atoms with Crippen molar-refractivity contribution >= 4 is 68.2 Å². The maximum Gasteiger partial charge on any atom is 0.320 e. The largest absolute Gasteiger partial charge is 0.340 e. The van der Waals surface area contributed by atoms with E-state index in [1.54, 1.807) is 35.9 Å². The number of halogens is 2. The van der Waals surface area contributed by atoms with Crippen molar-refractivity contribution in [2.24, 2.45) is 0 Å². The number of amides is 3. The number of hydrogen-bond donors (Lipinski definition) is 1. The molecule has 210 valence electrons. The summed E-state index contributed by atoms with van der Waals surface area (Å²) in [6.45, 7) is 6.80. The first-order chi connectivity index (χ1) is 19.5. The van der Waals surface area contributed by atoms with Crippen LogP contribution in [-0.4, -0.2) is 93.9 Å². The molecule has 3 aliphatic heterocycles. The van der Waals surface area contributed by atoms with Gasteiger partial charge in [0.25, 0.3) is 0 Å². The van der Waals surface area contributed by atoms with E-state index in [-0.39, 0.29) is 11.9 Å². The molecule has 2 aromatic heterocycles. The lowest BCUT2D eigenvalue weighted by Gasteiger charge is -2.36. The van der Waals surface area contributed by atoms with Crippen LogP contribution in [0.15, 0.2) is 36.7 Å². The highest BCUT2D eigenvalue weighted by Gasteiger charge is 2.27. The number of benzene rings is 1. The van der Waals surface area contributed by atoms with Crippen LogP contribution in [-0.2, 0) is 17.8 Å². The number of carbonyl (C=O) groups excluding carboxylic acids is 2. The maximum absolute atomic E-state index is 13.0. The molecule has 1 aromatic carbocycles. The number of nitrogens with one attached hydrogen (secondary N) is 1. The minimum Gasteiger partial charge on any atom is -0.340 e. The van der Waals surface area contributed by atoms with E-state index >= 15 is 0 Å². The molecule has 0 bridgehead atoms. The first-order valence-electron chi connectivity index (χ1n) is 13.7. The van der Waals surface area contributed by atoms with Crippen molar-refractivity contribution in [3.63, 3.8) is 0 Å². The smallest absolute Gasteiger partial charge is 0.320 e. The molecule has 9 nitrogen and oxygen atoms in total. The summed E-state index contributed by atoms with van der Waals surface area (Å²) in [5, 5.41) is 5.33. The molecule has 1 N–H and O–H groups in total. The van der Waals surface area contributed by atoms with E-state index < -0.39 is 0 Å². The van der Waals surface area contributed by atoms with E-state index in [1.807, 2.05) is 26.8 Å². The molecular weight excluding hydrogens is 569 g/mol. The van der Waals surface area contributed by atoms with E-state index in [2.05, 4.69) is 20.2 Å². The van der Waals surface area contributed by atoms with Gasteiger partial charge in [-0.05, 0) is 43.0 Å². The average Bonchev–Trinajstić information content (AvgIpc) is 3.63. The monoisotopic (exact) mass is 599 g/mol. The summed E-state index contributed by atoms with van der Waals surface area (Å²) in [7, 11) is 0. The molecule has 6 rings (SSSR count). The Morgan fingerprint density at radius 2 is 1.73 bits per heavy atom.